The molecule has 1 nitrogen and oxygen atoms in total. The van der Waals surface area contributed by atoms with Crippen molar-refractivity contribution < 1.29 is 0 Å². The van der Waals surface area contributed by atoms with Crippen molar-refractivity contribution in [1.82, 2.24) is 0 Å². The van der Waals surface area contributed by atoms with Gasteiger partial charge in [0.15, 0.2) is 0 Å². The molecule has 2 N–H and O–H groups in total. The Morgan fingerprint density at radius 2 is 1.90 bits per heavy atom. The topological polar surface area (TPSA) is 26.0 Å². The van der Waals surface area contributed by atoms with Crippen LogP contribution >= 0.6 is 0 Å². The fraction of sp³-hybridized carbons (Fsp3) is 0.158. The third-order valence-electron chi connectivity index (χ3n) is 3.19. The third-order valence-corrected chi connectivity index (χ3v) is 3.19. The molecule has 20 heavy (non-hydrogen) atoms. The number of aryl methyl sites for hydroxylation is 1. The monoisotopic (exact) mass is 261 g/mol. The lowest BCUT2D eigenvalue weighted by Gasteiger charge is -2.02. The Bertz CT molecular complexity index is 632. The van der Waals surface area contributed by atoms with E-state index in [4.69, 9.17) is 12.2 Å². The van der Waals surface area contributed by atoms with Crippen LogP contribution in [0.3, 0.4) is 0 Å². The van der Waals surface area contributed by atoms with E-state index in [9.17, 15) is 0 Å². The first kappa shape index (κ1) is 14.1. The van der Waals surface area contributed by atoms with Crippen LogP contribution in [0.1, 0.15) is 28.7 Å². The minimum Gasteiger partial charge on any atom is -0.330 e. The van der Waals surface area contributed by atoms with Gasteiger partial charge in [0.1, 0.15) is 0 Å². The Morgan fingerprint density at radius 3 is 2.70 bits per heavy atom. The van der Waals surface area contributed by atoms with Crippen LogP contribution in [0.25, 0.3) is 12.2 Å². The van der Waals surface area contributed by atoms with Gasteiger partial charge in [-0.05, 0) is 42.1 Å². The summed E-state index contributed by atoms with van der Waals surface area (Å²) in [6, 6.07) is 16.5. The van der Waals surface area contributed by atoms with Gasteiger partial charge in [0.05, 0.1) is 0 Å². The highest BCUT2D eigenvalue weighted by molar-refractivity contribution is 5.72. The second-order valence-corrected chi connectivity index (χ2v) is 4.70. The van der Waals surface area contributed by atoms with Crippen molar-refractivity contribution in [2.45, 2.75) is 12.8 Å². The van der Waals surface area contributed by atoms with E-state index in [1.807, 2.05) is 24.3 Å². The average Bonchev–Trinajstić information content (AvgIpc) is 2.51. The lowest BCUT2D eigenvalue weighted by atomic mass is 10.0. The van der Waals surface area contributed by atoms with Gasteiger partial charge in [-0.3, -0.25) is 0 Å². The molecule has 0 aliphatic rings. The third kappa shape index (κ3) is 3.85. The van der Waals surface area contributed by atoms with Crippen LogP contribution < -0.4 is 5.73 Å². The molecule has 0 unspecified atom stereocenters. The largest absolute Gasteiger partial charge is 0.330 e. The summed E-state index contributed by atoms with van der Waals surface area (Å²) < 4.78 is 0. The number of rotatable bonds is 5. The molecule has 0 heterocycles. The van der Waals surface area contributed by atoms with Gasteiger partial charge in [-0.15, -0.1) is 6.42 Å². The standard InChI is InChI=1S/C19H19N/c1-2-18-10-3-4-11-19(18)13-12-17-8-5-7-16(15-17)9-6-14-20/h1,3-5,7-8,10-13,15H,6,9,14,20H2/b13-12+. The molecule has 0 bridgehead atoms. The number of hydrogen-bond acceptors (Lipinski definition) is 1. The van der Waals surface area contributed by atoms with E-state index in [0.29, 0.717) is 0 Å². The Hall–Kier alpha value is -2.30. The van der Waals surface area contributed by atoms with Gasteiger partial charge >= 0.3 is 0 Å². The summed E-state index contributed by atoms with van der Waals surface area (Å²) in [5.74, 6) is 2.71. The maximum absolute atomic E-state index is 5.55. The molecule has 0 spiro atoms. The number of terminal acetylenes is 1. The number of hydrogen-bond donors (Lipinski definition) is 1. The van der Waals surface area contributed by atoms with Gasteiger partial charge in [0.25, 0.3) is 0 Å². The van der Waals surface area contributed by atoms with E-state index in [-0.39, 0.29) is 0 Å². The maximum atomic E-state index is 5.55. The Balaban J connectivity index is 2.17. The van der Waals surface area contributed by atoms with E-state index < -0.39 is 0 Å². The van der Waals surface area contributed by atoms with Crippen LogP contribution in [-0.2, 0) is 6.42 Å². The molecule has 0 atom stereocenters. The summed E-state index contributed by atoms with van der Waals surface area (Å²) in [6.07, 6.45) is 11.7. The number of nitrogens with two attached hydrogens (primary N) is 1. The van der Waals surface area contributed by atoms with Crippen molar-refractivity contribution in [3.63, 3.8) is 0 Å². The number of benzene rings is 2. The average molecular weight is 261 g/mol. The van der Waals surface area contributed by atoms with E-state index in [1.165, 1.54) is 11.1 Å². The quantitative estimate of drug-likeness (QED) is 0.644. The van der Waals surface area contributed by atoms with Gasteiger partial charge in [-0.1, -0.05) is 60.5 Å². The normalized spacial score (nSPS) is 10.6. The Morgan fingerprint density at radius 1 is 1.05 bits per heavy atom. The molecule has 0 saturated heterocycles. The second kappa shape index (κ2) is 7.33. The highest BCUT2D eigenvalue weighted by Gasteiger charge is 1.96. The highest BCUT2D eigenvalue weighted by atomic mass is 14.5. The van der Waals surface area contributed by atoms with Crippen LogP contribution in [0.15, 0.2) is 48.5 Å². The van der Waals surface area contributed by atoms with Crippen molar-refractivity contribution in [2.75, 3.05) is 6.54 Å². The van der Waals surface area contributed by atoms with Crippen LogP contribution in [0.4, 0.5) is 0 Å². The predicted molar refractivity (Wildman–Crippen MR) is 87.1 cm³/mol. The molecule has 0 fully saturated rings. The Kier molecular flexibility index (Phi) is 5.17. The van der Waals surface area contributed by atoms with Gasteiger partial charge in [-0.2, -0.15) is 0 Å². The first-order valence-corrected chi connectivity index (χ1v) is 6.86. The fourth-order valence-electron chi connectivity index (χ4n) is 2.12. The van der Waals surface area contributed by atoms with E-state index in [1.54, 1.807) is 0 Å². The zero-order valence-corrected chi connectivity index (χ0v) is 11.5. The summed E-state index contributed by atoms with van der Waals surface area (Å²) in [5, 5.41) is 0. The van der Waals surface area contributed by atoms with Crippen molar-refractivity contribution in [2.24, 2.45) is 5.73 Å². The summed E-state index contributed by atoms with van der Waals surface area (Å²) in [4.78, 5) is 0. The summed E-state index contributed by atoms with van der Waals surface area (Å²) >= 11 is 0. The van der Waals surface area contributed by atoms with Crippen molar-refractivity contribution in [3.05, 3.63) is 70.8 Å². The smallest absolute Gasteiger partial charge is 0.0315 e. The van der Waals surface area contributed by atoms with Gasteiger partial charge < -0.3 is 5.73 Å². The molecule has 2 aromatic rings. The molecule has 0 saturated carbocycles. The lowest BCUT2D eigenvalue weighted by Crippen LogP contribution is -2.00. The summed E-state index contributed by atoms with van der Waals surface area (Å²) in [7, 11) is 0. The second-order valence-electron chi connectivity index (χ2n) is 4.70. The SMILES string of the molecule is C#Cc1ccccc1/C=C/c1cccc(CCCN)c1. The molecule has 0 aliphatic heterocycles. The van der Waals surface area contributed by atoms with Crippen LogP contribution in [0, 0.1) is 12.3 Å². The predicted octanol–water partition coefficient (Wildman–Crippen LogP) is 3.73. The first-order valence-electron chi connectivity index (χ1n) is 6.86. The minimum atomic E-state index is 0.732. The van der Waals surface area contributed by atoms with Crippen LogP contribution in [-0.4, -0.2) is 6.54 Å². The summed E-state index contributed by atoms with van der Waals surface area (Å²) in [5.41, 5.74) is 10.0. The van der Waals surface area contributed by atoms with E-state index in [0.717, 1.165) is 30.5 Å². The molecular formula is C19H19N. The Labute approximate surface area is 121 Å². The maximum Gasteiger partial charge on any atom is 0.0315 e. The van der Waals surface area contributed by atoms with E-state index in [2.05, 4.69) is 42.3 Å². The highest BCUT2D eigenvalue weighted by Crippen LogP contribution is 2.14. The zero-order valence-electron chi connectivity index (χ0n) is 11.5. The van der Waals surface area contributed by atoms with Crippen molar-refractivity contribution >= 4 is 12.2 Å². The molecule has 0 amide bonds. The molecule has 2 rings (SSSR count). The van der Waals surface area contributed by atoms with Crippen LogP contribution in [0.2, 0.25) is 0 Å². The van der Waals surface area contributed by atoms with Gasteiger partial charge in [0, 0.05) is 5.56 Å². The van der Waals surface area contributed by atoms with E-state index >= 15 is 0 Å². The minimum absolute atomic E-state index is 0.732. The van der Waals surface area contributed by atoms with Gasteiger partial charge in [0.2, 0.25) is 0 Å². The van der Waals surface area contributed by atoms with Gasteiger partial charge in [-0.25, -0.2) is 0 Å². The molecule has 1 heteroatoms. The first-order chi connectivity index (χ1) is 9.83. The van der Waals surface area contributed by atoms with Crippen LogP contribution in [0.5, 0.6) is 0 Å². The molecule has 0 aromatic heterocycles. The lowest BCUT2D eigenvalue weighted by molar-refractivity contribution is 0.832. The van der Waals surface area contributed by atoms with Crippen molar-refractivity contribution in [1.29, 1.82) is 0 Å². The molecular weight excluding hydrogens is 242 g/mol. The molecule has 100 valence electrons. The zero-order chi connectivity index (χ0) is 14.2. The van der Waals surface area contributed by atoms with Crippen molar-refractivity contribution in [3.8, 4) is 12.3 Å². The molecule has 0 aliphatic carbocycles. The molecule has 0 radical (unpaired) electrons. The molecule has 2 aromatic carbocycles. The fourth-order valence-corrected chi connectivity index (χ4v) is 2.12. The summed E-state index contributed by atoms with van der Waals surface area (Å²) in [6.45, 7) is 0.732.